The highest BCUT2D eigenvalue weighted by atomic mass is 35.5. The minimum Gasteiger partial charge on any atom is -0.495 e. The van der Waals surface area contributed by atoms with Crippen LogP contribution in [0.5, 0.6) is 5.75 Å². The van der Waals surface area contributed by atoms with Gasteiger partial charge in [-0.25, -0.2) is 4.98 Å². The number of rotatable bonds is 4. The van der Waals surface area contributed by atoms with E-state index in [2.05, 4.69) is 16.4 Å². The number of fused-ring (bicyclic) bond motifs is 1. The molecule has 3 rings (SSSR count). The van der Waals surface area contributed by atoms with Crippen molar-refractivity contribution in [2.24, 2.45) is 0 Å². The quantitative estimate of drug-likeness (QED) is 0.780. The molecule has 0 saturated carbocycles. The SMILES string of the molecule is COc1ccc(NC(=O)Cn2cnc3cc(C)c(C)cc32)cc1Cl. The van der Waals surface area contributed by atoms with Crippen LogP contribution in [0.1, 0.15) is 11.1 Å². The topological polar surface area (TPSA) is 56.1 Å². The molecule has 3 aromatic rings. The second kappa shape index (κ2) is 6.53. The Labute approximate surface area is 145 Å². The number of nitrogens with one attached hydrogen (secondary N) is 1. The van der Waals surface area contributed by atoms with E-state index < -0.39 is 0 Å². The number of nitrogens with zero attached hydrogens (tertiary/aromatic N) is 2. The lowest BCUT2D eigenvalue weighted by Gasteiger charge is -2.09. The van der Waals surface area contributed by atoms with Gasteiger partial charge in [0.1, 0.15) is 12.3 Å². The molecule has 0 aliphatic carbocycles. The van der Waals surface area contributed by atoms with Crippen molar-refractivity contribution in [3.8, 4) is 5.75 Å². The molecule has 0 spiro atoms. The molecule has 1 heterocycles. The van der Waals surface area contributed by atoms with Gasteiger partial charge in [0.15, 0.2) is 0 Å². The van der Waals surface area contributed by atoms with Gasteiger partial charge in [0, 0.05) is 5.69 Å². The van der Waals surface area contributed by atoms with Crippen LogP contribution >= 0.6 is 11.6 Å². The standard InChI is InChI=1S/C18H18ClN3O2/c1-11-6-15-16(7-12(11)2)22(10-20-15)9-18(23)21-13-4-5-17(24-3)14(19)8-13/h4-8,10H,9H2,1-3H3,(H,21,23). The molecular weight excluding hydrogens is 326 g/mol. The first-order chi connectivity index (χ1) is 11.5. The highest BCUT2D eigenvalue weighted by molar-refractivity contribution is 6.32. The predicted octanol–water partition coefficient (Wildman–Crippen LogP) is 3.95. The zero-order valence-corrected chi connectivity index (χ0v) is 14.5. The molecule has 124 valence electrons. The van der Waals surface area contributed by atoms with E-state index in [1.54, 1.807) is 31.6 Å². The zero-order chi connectivity index (χ0) is 17.3. The highest BCUT2D eigenvalue weighted by Gasteiger charge is 2.10. The molecule has 6 heteroatoms. The van der Waals surface area contributed by atoms with Crippen LogP contribution in [0.25, 0.3) is 11.0 Å². The smallest absolute Gasteiger partial charge is 0.244 e. The number of ether oxygens (including phenoxy) is 1. The number of carbonyl (C=O) groups is 1. The van der Waals surface area contributed by atoms with E-state index >= 15 is 0 Å². The van der Waals surface area contributed by atoms with Gasteiger partial charge in [-0.05, 0) is 55.3 Å². The number of halogens is 1. The van der Waals surface area contributed by atoms with E-state index in [1.165, 1.54) is 11.1 Å². The summed E-state index contributed by atoms with van der Waals surface area (Å²) >= 11 is 6.07. The first-order valence-electron chi connectivity index (χ1n) is 7.53. The lowest BCUT2D eigenvalue weighted by Crippen LogP contribution is -2.18. The second-order valence-electron chi connectivity index (χ2n) is 5.70. The Morgan fingerprint density at radius 1 is 1.25 bits per heavy atom. The van der Waals surface area contributed by atoms with Gasteiger partial charge in [0.2, 0.25) is 5.91 Å². The van der Waals surface area contributed by atoms with Gasteiger partial charge in [-0.2, -0.15) is 0 Å². The number of imidazole rings is 1. The molecule has 1 amide bonds. The Bertz CT molecular complexity index is 918. The summed E-state index contributed by atoms with van der Waals surface area (Å²) in [4.78, 5) is 16.7. The van der Waals surface area contributed by atoms with Crippen molar-refractivity contribution in [1.29, 1.82) is 0 Å². The van der Waals surface area contributed by atoms with Crippen molar-refractivity contribution in [2.45, 2.75) is 20.4 Å². The molecule has 0 aliphatic heterocycles. The largest absolute Gasteiger partial charge is 0.495 e. The van der Waals surface area contributed by atoms with Crippen LogP contribution < -0.4 is 10.1 Å². The van der Waals surface area contributed by atoms with E-state index in [0.29, 0.717) is 16.5 Å². The maximum absolute atomic E-state index is 12.3. The van der Waals surface area contributed by atoms with Crippen molar-refractivity contribution >= 4 is 34.2 Å². The molecule has 0 fully saturated rings. The third-order valence-electron chi connectivity index (χ3n) is 3.99. The number of anilines is 1. The molecule has 5 nitrogen and oxygen atoms in total. The van der Waals surface area contributed by atoms with Gasteiger partial charge in [0.25, 0.3) is 0 Å². The average Bonchev–Trinajstić information content (AvgIpc) is 2.90. The maximum Gasteiger partial charge on any atom is 0.244 e. The summed E-state index contributed by atoms with van der Waals surface area (Å²) in [5, 5.41) is 3.29. The summed E-state index contributed by atoms with van der Waals surface area (Å²) in [5.41, 5.74) is 4.82. The van der Waals surface area contributed by atoms with Crippen molar-refractivity contribution in [3.05, 3.63) is 52.8 Å². The fraction of sp³-hybridized carbons (Fsp3) is 0.222. The zero-order valence-electron chi connectivity index (χ0n) is 13.8. The van der Waals surface area contributed by atoms with Gasteiger partial charge in [-0.15, -0.1) is 0 Å². The molecule has 2 aromatic carbocycles. The van der Waals surface area contributed by atoms with Crippen molar-refractivity contribution in [1.82, 2.24) is 9.55 Å². The van der Waals surface area contributed by atoms with E-state index in [0.717, 1.165) is 11.0 Å². The van der Waals surface area contributed by atoms with Gasteiger partial charge in [0.05, 0.1) is 29.5 Å². The Hall–Kier alpha value is -2.53. The highest BCUT2D eigenvalue weighted by Crippen LogP contribution is 2.27. The number of amides is 1. The Morgan fingerprint density at radius 2 is 2.00 bits per heavy atom. The summed E-state index contributed by atoms with van der Waals surface area (Å²) in [6.07, 6.45) is 1.68. The molecule has 0 radical (unpaired) electrons. The van der Waals surface area contributed by atoms with E-state index in [4.69, 9.17) is 16.3 Å². The Morgan fingerprint density at radius 3 is 2.71 bits per heavy atom. The first kappa shape index (κ1) is 16.3. The molecule has 0 unspecified atom stereocenters. The molecule has 1 N–H and O–H groups in total. The Balaban J connectivity index is 1.78. The van der Waals surface area contributed by atoms with E-state index in [1.807, 2.05) is 24.5 Å². The number of carbonyl (C=O) groups excluding carboxylic acids is 1. The van der Waals surface area contributed by atoms with Crippen molar-refractivity contribution in [2.75, 3.05) is 12.4 Å². The summed E-state index contributed by atoms with van der Waals surface area (Å²) < 4.78 is 6.94. The lowest BCUT2D eigenvalue weighted by molar-refractivity contribution is -0.116. The summed E-state index contributed by atoms with van der Waals surface area (Å²) in [7, 11) is 1.55. The fourth-order valence-electron chi connectivity index (χ4n) is 2.54. The summed E-state index contributed by atoms with van der Waals surface area (Å²) in [6.45, 7) is 4.28. The minimum absolute atomic E-state index is 0.145. The van der Waals surface area contributed by atoms with Gasteiger partial charge < -0.3 is 14.6 Å². The Kier molecular flexibility index (Phi) is 4.44. The average molecular weight is 344 g/mol. The molecule has 0 bridgehead atoms. The predicted molar refractivity (Wildman–Crippen MR) is 95.8 cm³/mol. The minimum atomic E-state index is -0.145. The molecular formula is C18H18ClN3O2. The third kappa shape index (κ3) is 3.21. The van der Waals surface area contributed by atoms with Crippen LogP contribution in [0.2, 0.25) is 5.02 Å². The van der Waals surface area contributed by atoms with Crippen LogP contribution in [-0.4, -0.2) is 22.6 Å². The second-order valence-corrected chi connectivity index (χ2v) is 6.10. The fourth-order valence-corrected chi connectivity index (χ4v) is 2.80. The number of aromatic nitrogens is 2. The monoisotopic (exact) mass is 343 g/mol. The number of hydrogen-bond acceptors (Lipinski definition) is 3. The van der Waals surface area contributed by atoms with Crippen LogP contribution in [0.4, 0.5) is 5.69 Å². The number of hydrogen-bond donors (Lipinski definition) is 1. The van der Waals surface area contributed by atoms with E-state index in [-0.39, 0.29) is 12.5 Å². The summed E-state index contributed by atoms with van der Waals surface area (Å²) in [6, 6.07) is 9.22. The molecule has 24 heavy (non-hydrogen) atoms. The van der Waals surface area contributed by atoms with Crippen molar-refractivity contribution < 1.29 is 9.53 Å². The van der Waals surface area contributed by atoms with Crippen molar-refractivity contribution in [3.63, 3.8) is 0 Å². The third-order valence-corrected chi connectivity index (χ3v) is 4.28. The summed E-state index contributed by atoms with van der Waals surface area (Å²) in [5.74, 6) is 0.426. The van der Waals surface area contributed by atoms with Crippen LogP contribution in [0.15, 0.2) is 36.7 Å². The van der Waals surface area contributed by atoms with Crippen LogP contribution in [-0.2, 0) is 11.3 Å². The molecule has 0 aliphatic rings. The van der Waals surface area contributed by atoms with Gasteiger partial charge in [-0.1, -0.05) is 11.6 Å². The van der Waals surface area contributed by atoms with E-state index in [9.17, 15) is 4.79 Å². The lowest BCUT2D eigenvalue weighted by atomic mass is 10.1. The number of methoxy groups -OCH3 is 1. The molecule has 0 atom stereocenters. The van der Waals surface area contributed by atoms with Gasteiger partial charge >= 0.3 is 0 Å². The maximum atomic E-state index is 12.3. The normalized spacial score (nSPS) is 10.8. The van der Waals surface area contributed by atoms with Gasteiger partial charge in [-0.3, -0.25) is 4.79 Å². The van der Waals surface area contributed by atoms with Crippen LogP contribution in [0, 0.1) is 13.8 Å². The number of benzene rings is 2. The molecule has 1 aromatic heterocycles. The van der Waals surface area contributed by atoms with Crippen LogP contribution in [0.3, 0.4) is 0 Å². The first-order valence-corrected chi connectivity index (χ1v) is 7.91. The number of aryl methyl sites for hydroxylation is 2. The molecule has 0 saturated heterocycles.